The molecular formula is C26H25ClFN3O2S. The number of amides is 1. The van der Waals surface area contributed by atoms with Crippen LogP contribution in [0.2, 0.25) is 0 Å². The molecule has 1 amide bonds. The molecule has 0 aromatic heterocycles. The molecule has 1 aliphatic rings. The van der Waals surface area contributed by atoms with Crippen LogP contribution >= 0.6 is 24.2 Å². The van der Waals surface area contributed by atoms with Gasteiger partial charge >= 0.3 is 0 Å². The van der Waals surface area contributed by atoms with Gasteiger partial charge in [0.05, 0.1) is 18.2 Å². The van der Waals surface area contributed by atoms with Crippen molar-refractivity contribution in [2.24, 2.45) is 0 Å². The smallest absolute Gasteiger partial charge is 0.255 e. The number of methoxy groups -OCH3 is 1. The molecule has 3 aromatic rings. The minimum Gasteiger partial charge on any atom is -0.494 e. The van der Waals surface area contributed by atoms with E-state index in [-0.39, 0.29) is 29.9 Å². The Bertz CT molecular complexity index is 1190. The Morgan fingerprint density at radius 3 is 2.38 bits per heavy atom. The molecule has 176 valence electrons. The summed E-state index contributed by atoms with van der Waals surface area (Å²) in [5.74, 6) is -0.137. The van der Waals surface area contributed by atoms with Gasteiger partial charge in [-0.25, -0.2) is 4.39 Å². The van der Waals surface area contributed by atoms with Crippen LogP contribution in [0, 0.1) is 17.1 Å². The largest absolute Gasteiger partial charge is 0.494 e. The molecule has 3 aromatic carbocycles. The molecular weight excluding hydrogens is 473 g/mol. The van der Waals surface area contributed by atoms with Crippen molar-refractivity contribution in [2.45, 2.75) is 16.3 Å². The standard InChI is InChI=1S/C26H24FN3O2S.ClH/c1-32-23-11-10-19(16-22(23)27)18-29-12-14-30(15-13-29)26(31)21-7-3-5-9-25(21)33-24-8-4-2-6-20(24)17-28;/h2-11,16H,12-15,18H2,1H3;1H. The monoisotopic (exact) mass is 497 g/mol. The molecule has 34 heavy (non-hydrogen) atoms. The van der Waals surface area contributed by atoms with Gasteiger partial charge in [0.15, 0.2) is 11.6 Å². The molecule has 8 heteroatoms. The average Bonchev–Trinajstić information content (AvgIpc) is 2.85. The number of carbonyl (C=O) groups is 1. The first kappa shape index (κ1) is 25.6. The van der Waals surface area contributed by atoms with Crippen molar-refractivity contribution >= 4 is 30.1 Å². The van der Waals surface area contributed by atoms with E-state index in [9.17, 15) is 14.4 Å². The number of hydrogen-bond acceptors (Lipinski definition) is 5. The van der Waals surface area contributed by atoms with Crippen molar-refractivity contribution < 1.29 is 13.9 Å². The molecule has 1 aliphatic heterocycles. The van der Waals surface area contributed by atoms with Gasteiger partial charge in [0.1, 0.15) is 6.07 Å². The van der Waals surface area contributed by atoms with Crippen LogP contribution in [0.5, 0.6) is 5.75 Å². The second-order valence-corrected chi connectivity index (χ2v) is 8.83. The lowest BCUT2D eigenvalue weighted by Gasteiger charge is -2.35. The number of rotatable bonds is 6. The number of benzene rings is 3. The quantitative estimate of drug-likeness (QED) is 0.466. The van der Waals surface area contributed by atoms with Crippen molar-refractivity contribution in [3.63, 3.8) is 0 Å². The number of piperazine rings is 1. The summed E-state index contributed by atoms with van der Waals surface area (Å²) in [5.41, 5.74) is 2.11. The van der Waals surface area contributed by atoms with Gasteiger partial charge in [0.2, 0.25) is 0 Å². The second kappa shape index (κ2) is 11.9. The molecule has 1 saturated heterocycles. The maximum atomic E-state index is 14.0. The van der Waals surface area contributed by atoms with E-state index in [1.54, 1.807) is 12.1 Å². The maximum absolute atomic E-state index is 14.0. The van der Waals surface area contributed by atoms with Gasteiger partial charge in [-0.05, 0) is 42.0 Å². The number of hydrogen-bond donors (Lipinski definition) is 0. The van der Waals surface area contributed by atoms with Crippen LogP contribution in [0.1, 0.15) is 21.5 Å². The summed E-state index contributed by atoms with van der Waals surface area (Å²) in [5, 5.41) is 9.38. The van der Waals surface area contributed by atoms with Crippen molar-refractivity contribution in [3.8, 4) is 11.8 Å². The van der Waals surface area contributed by atoms with Gasteiger partial charge in [-0.3, -0.25) is 9.69 Å². The first-order valence-electron chi connectivity index (χ1n) is 10.7. The number of ether oxygens (including phenoxy) is 1. The lowest BCUT2D eigenvalue weighted by molar-refractivity contribution is 0.0625. The first-order chi connectivity index (χ1) is 16.1. The zero-order valence-electron chi connectivity index (χ0n) is 18.7. The second-order valence-electron chi connectivity index (χ2n) is 7.74. The summed E-state index contributed by atoms with van der Waals surface area (Å²) in [6, 6.07) is 22.1. The highest BCUT2D eigenvalue weighted by atomic mass is 35.5. The van der Waals surface area contributed by atoms with Gasteiger partial charge in [-0.2, -0.15) is 5.26 Å². The molecule has 0 bridgehead atoms. The summed E-state index contributed by atoms with van der Waals surface area (Å²) < 4.78 is 19.0. The van der Waals surface area contributed by atoms with Crippen molar-refractivity contribution in [2.75, 3.05) is 33.3 Å². The molecule has 0 saturated carbocycles. The highest BCUT2D eigenvalue weighted by Crippen LogP contribution is 2.33. The Labute approximate surface area is 209 Å². The van der Waals surface area contributed by atoms with Crippen LogP contribution in [0.4, 0.5) is 4.39 Å². The molecule has 0 unspecified atom stereocenters. The zero-order valence-corrected chi connectivity index (χ0v) is 20.4. The van der Waals surface area contributed by atoms with E-state index in [4.69, 9.17) is 4.74 Å². The third-order valence-electron chi connectivity index (χ3n) is 5.63. The van der Waals surface area contributed by atoms with Gasteiger partial charge in [-0.1, -0.05) is 42.1 Å². The predicted molar refractivity (Wildman–Crippen MR) is 133 cm³/mol. The predicted octanol–water partition coefficient (Wildman–Crippen LogP) is 5.24. The number of nitrogens with zero attached hydrogens (tertiary/aromatic N) is 3. The minimum absolute atomic E-state index is 0. The molecule has 0 N–H and O–H groups in total. The van der Waals surface area contributed by atoms with Crippen molar-refractivity contribution in [3.05, 3.63) is 89.2 Å². The highest BCUT2D eigenvalue weighted by Gasteiger charge is 2.24. The fourth-order valence-electron chi connectivity index (χ4n) is 3.84. The Hall–Kier alpha value is -3.05. The fraction of sp³-hybridized carbons (Fsp3) is 0.231. The number of carbonyl (C=O) groups excluding carboxylic acids is 1. The number of nitriles is 1. The van der Waals surface area contributed by atoms with E-state index >= 15 is 0 Å². The van der Waals surface area contributed by atoms with Crippen LogP contribution in [-0.2, 0) is 6.54 Å². The maximum Gasteiger partial charge on any atom is 0.255 e. The molecule has 0 aliphatic carbocycles. The van der Waals surface area contributed by atoms with E-state index in [2.05, 4.69) is 11.0 Å². The van der Waals surface area contributed by atoms with Crippen LogP contribution in [0.15, 0.2) is 76.5 Å². The Morgan fingerprint density at radius 1 is 1.03 bits per heavy atom. The lowest BCUT2D eigenvalue weighted by atomic mass is 10.1. The topological polar surface area (TPSA) is 56.6 Å². The third kappa shape index (κ3) is 5.89. The average molecular weight is 498 g/mol. The molecule has 1 fully saturated rings. The molecule has 0 atom stereocenters. The Balaban J connectivity index is 0.00000324. The molecule has 5 nitrogen and oxygen atoms in total. The first-order valence-corrected chi connectivity index (χ1v) is 11.5. The number of halogens is 2. The highest BCUT2D eigenvalue weighted by molar-refractivity contribution is 7.99. The third-order valence-corrected chi connectivity index (χ3v) is 6.78. The summed E-state index contributed by atoms with van der Waals surface area (Å²) in [7, 11) is 1.45. The molecule has 1 heterocycles. The molecule has 0 spiro atoms. The van der Waals surface area contributed by atoms with Crippen molar-refractivity contribution in [1.82, 2.24) is 9.80 Å². The summed E-state index contributed by atoms with van der Waals surface area (Å²) in [6.07, 6.45) is 0. The fourth-order valence-corrected chi connectivity index (χ4v) is 4.86. The Morgan fingerprint density at radius 2 is 1.71 bits per heavy atom. The van der Waals surface area contributed by atoms with Gasteiger partial charge in [0.25, 0.3) is 5.91 Å². The molecule has 0 radical (unpaired) electrons. The van der Waals surface area contributed by atoms with E-state index in [1.807, 2.05) is 53.4 Å². The van der Waals surface area contributed by atoms with Crippen LogP contribution in [0.25, 0.3) is 0 Å². The van der Waals surface area contributed by atoms with Crippen LogP contribution < -0.4 is 4.74 Å². The normalized spacial score (nSPS) is 13.6. The summed E-state index contributed by atoms with van der Waals surface area (Å²) >= 11 is 1.44. The minimum atomic E-state index is -0.365. The van der Waals surface area contributed by atoms with Crippen LogP contribution in [-0.4, -0.2) is 49.0 Å². The van der Waals surface area contributed by atoms with Crippen molar-refractivity contribution in [1.29, 1.82) is 5.26 Å². The summed E-state index contributed by atoms with van der Waals surface area (Å²) in [6.45, 7) is 3.26. The lowest BCUT2D eigenvalue weighted by Crippen LogP contribution is -2.48. The van der Waals surface area contributed by atoms with E-state index in [0.717, 1.165) is 15.4 Å². The van der Waals surface area contributed by atoms with Gasteiger partial charge < -0.3 is 9.64 Å². The Kier molecular flexibility index (Phi) is 8.94. The van der Waals surface area contributed by atoms with E-state index < -0.39 is 0 Å². The van der Waals surface area contributed by atoms with Gasteiger partial charge in [0, 0.05) is 42.5 Å². The van der Waals surface area contributed by atoms with Gasteiger partial charge in [-0.15, -0.1) is 12.4 Å². The van der Waals surface area contributed by atoms with E-state index in [0.29, 0.717) is 43.9 Å². The molecule has 4 rings (SSSR count). The van der Waals surface area contributed by atoms with E-state index in [1.165, 1.54) is 24.9 Å². The SMILES string of the molecule is COc1ccc(CN2CCN(C(=O)c3ccccc3Sc3ccccc3C#N)CC2)cc1F.Cl. The summed E-state index contributed by atoms with van der Waals surface area (Å²) in [4.78, 5) is 19.1. The zero-order chi connectivity index (χ0) is 23.2. The van der Waals surface area contributed by atoms with Crippen LogP contribution in [0.3, 0.4) is 0 Å².